The van der Waals surface area contributed by atoms with Gasteiger partial charge >= 0.3 is 6.18 Å². The fraction of sp³-hybridized carbons (Fsp3) is 0.176. The van der Waals surface area contributed by atoms with Crippen molar-refractivity contribution in [3.63, 3.8) is 0 Å². The quantitative estimate of drug-likeness (QED) is 0.614. The molecule has 0 radical (unpaired) electrons. The molecule has 0 atom stereocenters. The second kappa shape index (κ2) is 7.31. The van der Waals surface area contributed by atoms with Gasteiger partial charge in [-0.1, -0.05) is 35.5 Å². The number of thiophene rings is 1. The molecule has 6 nitrogen and oxygen atoms in total. The molecule has 2 heterocycles. The lowest BCUT2D eigenvalue weighted by molar-refractivity contribution is -0.0882. The number of carbonyl (C=O) groups excluding carboxylic acids is 2. The average Bonchev–Trinajstić information content (AvgIpc) is 3.30. The van der Waals surface area contributed by atoms with E-state index < -0.39 is 22.7 Å². The first-order valence-corrected chi connectivity index (χ1v) is 8.42. The van der Waals surface area contributed by atoms with Crippen LogP contribution in [0.1, 0.15) is 25.2 Å². The molecule has 0 bridgehead atoms. The molecule has 0 unspecified atom stereocenters. The lowest BCUT2D eigenvalue weighted by Gasteiger charge is -2.13. The first-order chi connectivity index (χ1) is 12.8. The largest absolute Gasteiger partial charge is 0.455 e. The monoisotopic (exact) mass is 395 g/mol. The third-order valence-corrected chi connectivity index (χ3v) is 4.59. The second-order valence-corrected chi connectivity index (χ2v) is 6.61. The Morgan fingerprint density at radius 2 is 1.78 bits per heavy atom. The van der Waals surface area contributed by atoms with Gasteiger partial charge in [0.1, 0.15) is 6.54 Å². The highest BCUT2D eigenvalue weighted by Crippen LogP contribution is 2.27. The molecule has 3 rings (SSSR count). The maximum absolute atomic E-state index is 12.5. The number of hydrogen-bond donors (Lipinski definition) is 0. The van der Waals surface area contributed by atoms with Gasteiger partial charge in [0, 0.05) is 12.6 Å². The molecule has 10 heteroatoms. The Morgan fingerprint density at radius 3 is 2.44 bits per heavy atom. The van der Waals surface area contributed by atoms with E-state index in [4.69, 9.17) is 4.52 Å². The van der Waals surface area contributed by atoms with Crippen LogP contribution in [-0.4, -0.2) is 40.0 Å². The summed E-state index contributed by atoms with van der Waals surface area (Å²) in [6, 6.07) is 11.3. The Bertz CT molecular complexity index is 966. The van der Waals surface area contributed by atoms with Crippen LogP contribution in [0.5, 0.6) is 0 Å². The molecule has 0 N–H and O–H groups in total. The zero-order valence-corrected chi connectivity index (χ0v) is 14.7. The predicted octanol–water partition coefficient (Wildman–Crippen LogP) is 3.82. The minimum Gasteiger partial charge on any atom is -0.337 e. The van der Waals surface area contributed by atoms with Crippen LogP contribution in [0.3, 0.4) is 0 Å². The van der Waals surface area contributed by atoms with Crippen LogP contribution in [-0.2, 0) is 6.54 Å². The summed E-state index contributed by atoms with van der Waals surface area (Å²) in [5.74, 6) is -1.99. The molecule has 1 aromatic carbocycles. The van der Waals surface area contributed by atoms with E-state index in [1.54, 1.807) is 12.1 Å². The van der Waals surface area contributed by atoms with Crippen LogP contribution in [0.2, 0.25) is 0 Å². The second-order valence-electron chi connectivity index (χ2n) is 5.53. The first kappa shape index (κ1) is 18.8. The van der Waals surface area contributed by atoms with Gasteiger partial charge in [-0.15, -0.1) is 11.3 Å². The standard InChI is InChI=1S/C17H12F3N3O3S/c1-23(9-13-21-15(22-26-13)10-5-3-2-4-6-10)16(25)12-8-7-11(27-12)14(24)17(18,19)20/h2-8H,9H2,1H3. The third kappa shape index (κ3) is 4.22. The zero-order chi connectivity index (χ0) is 19.6. The van der Waals surface area contributed by atoms with Crippen molar-refractivity contribution in [2.45, 2.75) is 12.7 Å². The van der Waals surface area contributed by atoms with Crippen molar-refractivity contribution in [1.82, 2.24) is 15.0 Å². The maximum Gasteiger partial charge on any atom is 0.455 e. The van der Waals surface area contributed by atoms with Crippen molar-refractivity contribution in [3.05, 3.63) is 58.1 Å². The van der Waals surface area contributed by atoms with Gasteiger partial charge in [-0.05, 0) is 12.1 Å². The van der Waals surface area contributed by atoms with Gasteiger partial charge in [0.15, 0.2) is 0 Å². The number of benzene rings is 1. The van der Waals surface area contributed by atoms with Crippen LogP contribution >= 0.6 is 11.3 Å². The molecule has 140 valence electrons. The van der Waals surface area contributed by atoms with Gasteiger partial charge in [0.05, 0.1) is 9.75 Å². The molecule has 0 fully saturated rings. The van der Waals surface area contributed by atoms with E-state index in [-0.39, 0.29) is 17.3 Å². The highest BCUT2D eigenvalue weighted by molar-refractivity contribution is 7.16. The Morgan fingerprint density at radius 1 is 1.11 bits per heavy atom. The Balaban J connectivity index is 1.69. The molecule has 1 amide bonds. The average molecular weight is 395 g/mol. The third-order valence-electron chi connectivity index (χ3n) is 3.52. The van der Waals surface area contributed by atoms with Gasteiger partial charge in [0.25, 0.3) is 11.7 Å². The van der Waals surface area contributed by atoms with E-state index in [1.165, 1.54) is 18.0 Å². The topological polar surface area (TPSA) is 76.3 Å². The van der Waals surface area contributed by atoms with Crippen LogP contribution in [0.15, 0.2) is 47.0 Å². The summed E-state index contributed by atoms with van der Waals surface area (Å²) in [6.07, 6.45) is -4.98. The molecule has 0 aliphatic carbocycles. The number of aromatic nitrogens is 2. The molecule has 2 aromatic heterocycles. The van der Waals surface area contributed by atoms with Crippen LogP contribution in [0, 0.1) is 0 Å². The van der Waals surface area contributed by atoms with Gasteiger partial charge < -0.3 is 9.42 Å². The van der Waals surface area contributed by atoms with Crippen LogP contribution in [0.25, 0.3) is 11.4 Å². The van der Waals surface area contributed by atoms with Crippen molar-refractivity contribution in [2.24, 2.45) is 0 Å². The van der Waals surface area contributed by atoms with Crippen LogP contribution in [0.4, 0.5) is 13.2 Å². The lowest BCUT2D eigenvalue weighted by Crippen LogP contribution is -2.25. The minimum atomic E-state index is -4.98. The number of nitrogens with zero attached hydrogens (tertiary/aromatic N) is 3. The van der Waals surface area contributed by atoms with E-state index in [2.05, 4.69) is 10.1 Å². The van der Waals surface area contributed by atoms with E-state index >= 15 is 0 Å². The van der Waals surface area contributed by atoms with Gasteiger partial charge in [-0.3, -0.25) is 9.59 Å². The number of Topliss-reactive ketones (excluding diaryl/α,β-unsaturated/α-hetero) is 1. The van der Waals surface area contributed by atoms with Crippen molar-refractivity contribution in [1.29, 1.82) is 0 Å². The van der Waals surface area contributed by atoms with Gasteiger partial charge in [-0.2, -0.15) is 18.2 Å². The van der Waals surface area contributed by atoms with E-state index in [0.717, 1.165) is 11.6 Å². The zero-order valence-electron chi connectivity index (χ0n) is 13.9. The normalized spacial score (nSPS) is 11.4. The molecule has 27 heavy (non-hydrogen) atoms. The van der Waals surface area contributed by atoms with Crippen LogP contribution < -0.4 is 0 Å². The molecule has 0 saturated heterocycles. The fourth-order valence-electron chi connectivity index (χ4n) is 2.20. The number of rotatable bonds is 5. The Kier molecular flexibility index (Phi) is 5.08. The molecule has 0 aliphatic rings. The summed E-state index contributed by atoms with van der Waals surface area (Å²) in [5.41, 5.74) is 0.745. The summed E-state index contributed by atoms with van der Waals surface area (Å²) in [5, 5.41) is 3.83. The van der Waals surface area contributed by atoms with Gasteiger partial charge in [0.2, 0.25) is 11.7 Å². The van der Waals surface area contributed by atoms with Crippen molar-refractivity contribution < 1.29 is 27.3 Å². The number of ketones is 1. The summed E-state index contributed by atoms with van der Waals surface area (Å²) in [6.45, 7) is -0.0287. The molecular formula is C17H12F3N3O3S. The number of hydrogen-bond acceptors (Lipinski definition) is 6. The van der Waals surface area contributed by atoms with Crippen molar-refractivity contribution >= 4 is 23.0 Å². The molecule has 0 saturated carbocycles. The lowest BCUT2D eigenvalue weighted by atomic mass is 10.2. The SMILES string of the molecule is CN(Cc1nc(-c2ccccc2)no1)C(=O)c1ccc(C(=O)C(F)(F)F)s1. The summed E-state index contributed by atoms with van der Waals surface area (Å²) in [4.78, 5) is 28.5. The van der Waals surface area contributed by atoms with Gasteiger partial charge in [-0.25, -0.2) is 0 Å². The predicted molar refractivity (Wildman–Crippen MR) is 90.2 cm³/mol. The maximum atomic E-state index is 12.5. The van der Waals surface area contributed by atoms with E-state index in [0.29, 0.717) is 17.2 Å². The fourth-order valence-corrected chi connectivity index (χ4v) is 3.16. The van der Waals surface area contributed by atoms with E-state index in [9.17, 15) is 22.8 Å². The van der Waals surface area contributed by atoms with Crippen molar-refractivity contribution in [3.8, 4) is 11.4 Å². The summed E-state index contributed by atoms with van der Waals surface area (Å²) in [7, 11) is 1.44. The highest BCUT2D eigenvalue weighted by atomic mass is 32.1. The first-order valence-electron chi connectivity index (χ1n) is 7.60. The summed E-state index contributed by atoms with van der Waals surface area (Å²) >= 11 is 0.490. The molecule has 3 aromatic rings. The number of alkyl halides is 3. The smallest absolute Gasteiger partial charge is 0.337 e. The molecule has 0 spiro atoms. The Labute approximate surface area is 155 Å². The number of amides is 1. The molecule has 0 aliphatic heterocycles. The van der Waals surface area contributed by atoms with E-state index in [1.807, 2.05) is 18.2 Å². The number of halogens is 3. The Hall–Kier alpha value is -3.01. The minimum absolute atomic E-state index is 0.00731. The molecular weight excluding hydrogens is 383 g/mol. The van der Waals surface area contributed by atoms with Crippen molar-refractivity contribution in [2.75, 3.05) is 7.05 Å². The highest BCUT2D eigenvalue weighted by Gasteiger charge is 2.40. The number of carbonyl (C=O) groups is 2. The summed E-state index contributed by atoms with van der Waals surface area (Å²) < 4.78 is 42.5.